The van der Waals surface area contributed by atoms with Crippen LogP contribution in [-0.4, -0.2) is 11.5 Å². The van der Waals surface area contributed by atoms with Crippen molar-refractivity contribution in [1.29, 1.82) is 0 Å². The van der Waals surface area contributed by atoms with Crippen molar-refractivity contribution < 1.29 is 4.79 Å². The van der Waals surface area contributed by atoms with Gasteiger partial charge >= 0.3 is 0 Å². The van der Waals surface area contributed by atoms with E-state index in [1.54, 1.807) is 0 Å². The average molecular weight is 173 g/mol. The summed E-state index contributed by atoms with van der Waals surface area (Å²) in [6, 6.07) is 7.81. The Hall–Kier alpha value is -1.44. The van der Waals surface area contributed by atoms with Gasteiger partial charge in [0.1, 0.15) is 0 Å². The second-order valence-electron chi connectivity index (χ2n) is 3.14. The minimum atomic E-state index is 0.168. The largest absolute Gasteiger partial charge is 0.292 e. The zero-order chi connectivity index (χ0) is 9.26. The van der Waals surface area contributed by atoms with Gasteiger partial charge in [0.05, 0.1) is 11.4 Å². The van der Waals surface area contributed by atoms with Gasteiger partial charge in [-0.25, -0.2) is 4.99 Å². The highest BCUT2D eigenvalue weighted by molar-refractivity contribution is 6.41. The second kappa shape index (κ2) is 3.13. The van der Waals surface area contributed by atoms with E-state index >= 15 is 0 Å². The van der Waals surface area contributed by atoms with E-state index < -0.39 is 0 Å². The highest BCUT2D eigenvalue weighted by atomic mass is 16.1. The van der Waals surface area contributed by atoms with Gasteiger partial charge in [-0.3, -0.25) is 4.79 Å². The molecule has 0 radical (unpaired) electrons. The van der Waals surface area contributed by atoms with E-state index in [1.807, 2.05) is 31.2 Å². The lowest BCUT2D eigenvalue weighted by molar-refractivity contribution is -0.112. The summed E-state index contributed by atoms with van der Waals surface area (Å²) in [5, 5.41) is 0. The highest BCUT2D eigenvalue weighted by Crippen LogP contribution is 2.24. The van der Waals surface area contributed by atoms with Gasteiger partial charge in [0.25, 0.3) is 0 Å². The maximum atomic E-state index is 11.5. The number of aliphatic imine (C=N–C) groups is 1. The third-order valence-corrected chi connectivity index (χ3v) is 2.25. The van der Waals surface area contributed by atoms with Crippen molar-refractivity contribution in [3.05, 3.63) is 29.8 Å². The summed E-state index contributed by atoms with van der Waals surface area (Å²) in [7, 11) is 0. The lowest BCUT2D eigenvalue weighted by Crippen LogP contribution is -2.18. The Kier molecular flexibility index (Phi) is 1.97. The zero-order valence-corrected chi connectivity index (χ0v) is 7.58. The Balaban J connectivity index is 2.50. The normalized spacial score (nSPS) is 15.2. The predicted octanol–water partition coefficient (Wildman–Crippen LogP) is 2.29. The number of hydrogen-bond acceptors (Lipinski definition) is 2. The van der Waals surface area contributed by atoms with Crippen molar-refractivity contribution in [1.82, 2.24) is 0 Å². The first-order valence-corrected chi connectivity index (χ1v) is 4.50. The van der Waals surface area contributed by atoms with E-state index in [1.165, 1.54) is 0 Å². The summed E-state index contributed by atoms with van der Waals surface area (Å²) in [6.07, 6.45) is 1.25. The second-order valence-corrected chi connectivity index (χ2v) is 3.14. The van der Waals surface area contributed by atoms with Gasteiger partial charge in [0.2, 0.25) is 0 Å². The maximum absolute atomic E-state index is 11.5. The monoisotopic (exact) mass is 173 g/mol. The smallest absolute Gasteiger partial charge is 0.181 e. The molecule has 1 aromatic carbocycles. The third kappa shape index (κ3) is 1.39. The molecule has 1 aliphatic heterocycles. The van der Waals surface area contributed by atoms with Gasteiger partial charge in [-0.05, 0) is 18.1 Å². The molecular weight excluding hydrogens is 162 g/mol. The van der Waals surface area contributed by atoms with Crippen LogP contribution in [-0.2, 0) is 11.2 Å². The molecule has 1 aromatic rings. The minimum absolute atomic E-state index is 0.168. The third-order valence-electron chi connectivity index (χ3n) is 2.25. The van der Waals surface area contributed by atoms with Crippen LogP contribution in [0.1, 0.15) is 18.9 Å². The Morgan fingerprint density at radius 2 is 2.15 bits per heavy atom. The molecule has 0 spiro atoms. The van der Waals surface area contributed by atoms with Crippen molar-refractivity contribution in [2.75, 3.05) is 0 Å². The lowest BCUT2D eigenvalue weighted by atomic mass is 9.99. The van der Waals surface area contributed by atoms with Crippen LogP contribution in [0.5, 0.6) is 0 Å². The minimum Gasteiger partial charge on any atom is -0.292 e. The van der Waals surface area contributed by atoms with Gasteiger partial charge in [0, 0.05) is 6.42 Å². The van der Waals surface area contributed by atoms with Gasteiger partial charge in [-0.15, -0.1) is 0 Å². The molecule has 2 rings (SSSR count). The number of benzene rings is 1. The quantitative estimate of drug-likeness (QED) is 0.640. The summed E-state index contributed by atoms with van der Waals surface area (Å²) in [6.45, 7) is 1.96. The van der Waals surface area contributed by atoms with Crippen molar-refractivity contribution in [3.8, 4) is 0 Å². The molecule has 0 amide bonds. The van der Waals surface area contributed by atoms with Crippen molar-refractivity contribution in [3.63, 3.8) is 0 Å². The SMILES string of the molecule is CCC1=Nc2ccccc2CC1=O. The zero-order valence-electron chi connectivity index (χ0n) is 7.58. The molecule has 0 bridgehead atoms. The fourth-order valence-corrected chi connectivity index (χ4v) is 1.53. The van der Waals surface area contributed by atoms with Crippen molar-refractivity contribution in [2.45, 2.75) is 19.8 Å². The van der Waals surface area contributed by atoms with E-state index in [-0.39, 0.29) is 5.78 Å². The molecule has 0 saturated heterocycles. The average Bonchev–Trinajstić information content (AvgIpc) is 2.17. The number of Topliss-reactive ketones (excluding diaryl/α,β-unsaturated/α-hetero) is 1. The molecule has 0 N–H and O–H groups in total. The Bertz CT molecular complexity index is 379. The number of hydrogen-bond donors (Lipinski definition) is 0. The molecule has 0 fully saturated rings. The van der Waals surface area contributed by atoms with Gasteiger partial charge in [-0.1, -0.05) is 25.1 Å². The summed E-state index contributed by atoms with van der Waals surface area (Å²) < 4.78 is 0. The van der Waals surface area contributed by atoms with E-state index in [2.05, 4.69) is 4.99 Å². The molecule has 2 heteroatoms. The van der Waals surface area contributed by atoms with Gasteiger partial charge in [-0.2, -0.15) is 0 Å². The summed E-state index contributed by atoms with van der Waals surface area (Å²) in [5.41, 5.74) is 2.71. The summed E-state index contributed by atoms with van der Waals surface area (Å²) in [4.78, 5) is 15.8. The summed E-state index contributed by atoms with van der Waals surface area (Å²) in [5.74, 6) is 0.168. The molecule has 2 nitrogen and oxygen atoms in total. The first-order chi connectivity index (χ1) is 6.31. The number of ketones is 1. The van der Waals surface area contributed by atoms with Crippen LogP contribution >= 0.6 is 0 Å². The molecule has 0 atom stereocenters. The maximum Gasteiger partial charge on any atom is 0.181 e. The number of rotatable bonds is 1. The number of para-hydroxylation sites is 1. The molecule has 13 heavy (non-hydrogen) atoms. The molecule has 1 heterocycles. The molecule has 0 unspecified atom stereocenters. The van der Waals surface area contributed by atoms with Crippen LogP contribution in [0.4, 0.5) is 5.69 Å². The lowest BCUT2D eigenvalue weighted by Gasteiger charge is -2.12. The van der Waals surface area contributed by atoms with E-state index in [0.717, 1.165) is 17.7 Å². The first-order valence-electron chi connectivity index (χ1n) is 4.50. The van der Waals surface area contributed by atoms with Crippen LogP contribution < -0.4 is 0 Å². The Morgan fingerprint density at radius 3 is 2.92 bits per heavy atom. The van der Waals surface area contributed by atoms with E-state index in [9.17, 15) is 4.79 Å². The fraction of sp³-hybridized carbons (Fsp3) is 0.273. The van der Waals surface area contributed by atoms with E-state index in [0.29, 0.717) is 12.1 Å². The van der Waals surface area contributed by atoms with Crippen molar-refractivity contribution in [2.24, 2.45) is 4.99 Å². The first kappa shape index (κ1) is 8.17. The van der Waals surface area contributed by atoms with Crippen molar-refractivity contribution >= 4 is 17.2 Å². The van der Waals surface area contributed by atoms with Gasteiger partial charge < -0.3 is 0 Å². The molecule has 66 valence electrons. The number of carbonyl (C=O) groups is 1. The Morgan fingerprint density at radius 1 is 1.38 bits per heavy atom. The highest BCUT2D eigenvalue weighted by Gasteiger charge is 2.17. The Labute approximate surface area is 77.3 Å². The molecular formula is C11H11NO. The van der Waals surface area contributed by atoms with Gasteiger partial charge in [0.15, 0.2) is 5.78 Å². The molecule has 0 aromatic heterocycles. The topological polar surface area (TPSA) is 29.4 Å². The molecule has 0 saturated carbocycles. The van der Waals surface area contributed by atoms with Crippen LogP contribution in [0.25, 0.3) is 0 Å². The fourth-order valence-electron chi connectivity index (χ4n) is 1.53. The van der Waals surface area contributed by atoms with Crippen LogP contribution in [0.15, 0.2) is 29.3 Å². The number of carbonyl (C=O) groups excluding carboxylic acids is 1. The number of nitrogens with zero attached hydrogens (tertiary/aromatic N) is 1. The molecule has 0 aliphatic carbocycles. The molecule has 1 aliphatic rings. The van der Waals surface area contributed by atoms with Crippen LogP contribution in [0.3, 0.4) is 0 Å². The predicted molar refractivity (Wildman–Crippen MR) is 52.5 cm³/mol. The standard InChI is InChI=1S/C11H11NO/c1-2-9-11(13)7-8-5-3-4-6-10(8)12-9/h3-6H,2,7H2,1H3. The van der Waals surface area contributed by atoms with Crippen LogP contribution in [0.2, 0.25) is 0 Å². The number of fused-ring (bicyclic) bond motifs is 1. The van der Waals surface area contributed by atoms with Crippen LogP contribution in [0, 0.1) is 0 Å². The van der Waals surface area contributed by atoms with E-state index in [4.69, 9.17) is 0 Å². The summed E-state index contributed by atoms with van der Waals surface area (Å²) >= 11 is 0.